The van der Waals surface area contributed by atoms with Gasteiger partial charge in [-0.05, 0) is 91.4 Å². The normalized spacial score (nSPS) is 45.3. The van der Waals surface area contributed by atoms with Gasteiger partial charge in [-0.3, -0.25) is 0 Å². The zero-order valence-corrected chi connectivity index (χ0v) is 18.3. The van der Waals surface area contributed by atoms with E-state index in [4.69, 9.17) is 11.6 Å². The van der Waals surface area contributed by atoms with Crippen LogP contribution in [0.3, 0.4) is 0 Å². The summed E-state index contributed by atoms with van der Waals surface area (Å²) in [6.07, 6.45) is 11.5. The minimum atomic E-state index is -0.351. The van der Waals surface area contributed by atoms with Gasteiger partial charge in [-0.25, -0.2) is 0 Å². The Morgan fingerprint density at radius 2 is 1.76 bits per heavy atom. The summed E-state index contributed by atoms with van der Waals surface area (Å²) < 4.78 is 0. The van der Waals surface area contributed by atoms with Crippen LogP contribution >= 0.6 is 11.6 Å². The highest BCUT2D eigenvalue weighted by atomic mass is 35.5. The van der Waals surface area contributed by atoms with Crippen molar-refractivity contribution in [3.05, 3.63) is 52.1 Å². The number of halogens is 1. The number of hydrogen-bond donors (Lipinski definition) is 2. The van der Waals surface area contributed by atoms with Gasteiger partial charge in [-0.1, -0.05) is 55.3 Å². The summed E-state index contributed by atoms with van der Waals surface area (Å²) in [5.41, 5.74) is 4.06. The molecular formula is C26H33ClO2. The number of hydrogen-bond acceptors (Lipinski definition) is 2. The maximum atomic E-state index is 11.3. The van der Waals surface area contributed by atoms with Gasteiger partial charge < -0.3 is 10.2 Å². The Morgan fingerprint density at radius 3 is 2.52 bits per heavy atom. The molecule has 0 amide bonds. The molecule has 0 heterocycles. The van der Waals surface area contributed by atoms with Crippen molar-refractivity contribution in [2.45, 2.75) is 71.0 Å². The summed E-state index contributed by atoms with van der Waals surface area (Å²) >= 11 is 6.04. The molecule has 1 aromatic carbocycles. The van der Waals surface area contributed by atoms with Crippen LogP contribution in [0.1, 0.15) is 64.4 Å². The second kappa shape index (κ2) is 6.97. The average Bonchev–Trinajstić information content (AvgIpc) is 2.95. The van der Waals surface area contributed by atoms with E-state index < -0.39 is 0 Å². The van der Waals surface area contributed by atoms with Crippen LogP contribution in [0.15, 0.2) is 41.5 Å². The SMILES string of the molecule is CC12CCC(O)CC1=CCC1C2CCC2(C)C(O)/C(=C\c3ccc(Cl)cc3)CC12. The fourth-order valence-corrected chi connectivity index (χ4v) is 7.54. The number of aliphatic hydroxyl groups excluding tert-OH is 2. The Bertz CT molecular complexity index is 856. The summed E-state index contributed by atoms with van der Waals surface area (Å²) in [6.45, 7) is 4.79. The van der Waals surface area contributed by atoms with Gasteiger partial charge in [0.15, 0.2) is 0 Å². The van der Waals surface area contributed by atoms with Crippen LogP contribution in [0.25, 0.3) is 6.08 Å². The first-order chi connectivity index (χ1) is 13.8. The van der Waals surface area contributed by atoms with Crippen molar-refractivity contribution in [2.24, 2.45) is 28.6 Å². The van der Waals surface area contributed by atoms with Crippen LogP contribution < -0.4 is 0 Å². The number of benzene rings is 1. The van der Waals surface area contributed by atoms with E-state index >= 15 is 0 Å². The van der Waals surface area contributed by atoms with E-state index in [2.05, 4.69) is 26.0 Å². The molecule has 7 unspecified atom stereocenters. The molecule has 0 aromatic heterocycles. The van der Waals surface area contributed by atoms with E-state index in [1.165, 1.54) is 17.6 Å². The highest BCUT2D eigenvalue weighted by Crippen LogP contribution is 2.65. The molecule has 5 rings (SSSR count). The van der Waals surface area contributed by atoms with E-state index in [1.807, 2.05) is 24.3 Å². The van der Waals surface area contributed by atoms with Crippen molar-refractivity contribution in [1.82, 2.24) is 0 Å². The molecule has 0 spiro atoms. The number of rotatable bonds is 1. The molecule has 3 fully saturated rings. The zero-order chi connectivity index (χ0) is 20.4. The van der Waals surface area contributed by atoms with Gasteiger partial charge >= 0.3 is 0 Å². The monoisotopic (exact) mass is 412 g/mol. The number of aliphatic hydroxyl groups is 2. The van der Waals surface area contributed by atoms with Crippen LogP contribution in [0, 0.1) is 28.6 Å². The predicted molar refractivity (Wildman–Crippen MR) is 119 cm³/mol. The van der Waals surface area contributed by atoms with Crippen molar-refractivity contribution in [3.8, 4) is 0 Å². The molecule has 2 N–H and O–H groups in total. The molecule has 1 aromatic rings. The van der Waals surface area contributed by atoms with Gasteiger partial charge in [0.25, 0.3) is 0 Å². The third-order valence-electron chi connectivity index (χ3n) is 9.17. The first-order valence-electron chi connectivity index (χ1n) is 11.3. The smallest absolute Gasteiger partial charge is 0.0809 e. The lowest BCUT2D eigenvalue weighted by Crippen LogP contribution is -2.51. The summed E-state index contributed by atoms with van der Waals surface area (Å²) in [6, 6.07) is 7.93. The molecule has 156 valence electrons. The third kappa shape index (κ3) is 3.06. The van der Waals surface area contributed by atoms with E-state index in [0.29, 0.717) is 17.8 Å². The van der Waals surface area contributed by atoms with Gasteiger partial charge in [0.2, 0.25) is 0 Å². The lowest BCUT2D eigenvalue weighted by atomic mass is 9.48. The van der Waals surface area contributed by atoms with Crippen molar-refractivity contribution >= 4 is 17.7 Å². The summed E-state index contributed by atoms with van der Waals surface area (Å²) in [4.78, 5) is 0. The second-order valence-corrected chi connectivity index (χ2v) is 11.0. The maximum absolute atomic E-state index is 11.3. The lowest BCUT2D eigenvalue weighted by Gasteiger charge is -2.57. The largest absolute Gasteiger partial charge is 0.393 e. The van der Waals surface area contributed by atoms with Crippen molar-refractivity contribution in [2.75, 3.05) is 0 Å². The topological polar surface area (TPSA) is 40.5 Å². The van der Waals surface area contributed by atoms with Crippen LogP contribution in [0.2, 0.25) is 5.02 Å². The lowest BCUT2D eigenvalue weighted by molar-refractivity contribution is -0.0685. The Labute approximate surface area is 179 Å². The quantitative estimate of drug-likeness (QED) is 0.554. The predicted octanol–water partition coefficient (Wildman–Crippen LogP) is 6.02. The first kappa shape index (κ1) is 19.8. The molecule has 0 aliphatic heterocycles. The van der Waals surface area contributed by atoms with E-state index in [-0.39, 0.29) is 23.0 Å². The fourth-order valence-electron chi connectivity index (χ4n) is 7.41. The van der Waals surface area contributed by atoms with Gasteiger partial charge in [0, 0.05) is 10.4 Å². The van der Waals surface area contributed by atoms with Crippen LogP contribution in [0.4, 0.5) is 0 Å². The van der Waals surface area contributed by atoms with Crippen LogP contribution in [-0.4, -0.2) is 22.4 Å². The molecule has 3 saturated carbocycles. The van der Waals surface area contributed by atoms with Crippen molar-refractivity contribution < 1.29 is 10.2 Å². The van der Waals surface area contributed by atoms with Gasteiger partial charge in [0.05, 0.1) is 12.2 Å². The Balaban J connectivity index is 1.46. The molecule has 4 aliphatic carbocycles. The van der Waals surface area contributed by atoms with Crippen LogP contribution in [0.5, 0.6) is 0 Å². The Kier molecular flexibility index (Phi) is 4.77. The van der Waals surface area contributed by atoms with Crippen molar-refractivity contribution in [1.29, 1.82) is 0 Å². The number of allylic oxidation sites excluding steroid dienone is 1. The molecule has 2 nitrogen and oxygen atoms in total. The molecule has 29 heavy (non-hydrogen) atoms. The molecule has 0 saturated heterocycles. The number of fused-ring (bicyclic) bond motifs is 5. The summed E-state index contributed by atoms with van der Waals surface area (Å²) in [5.74, 6) is 1.87. The fraction of sp³-hybridized carbons (Fsp3) is 0.615. The molecule has 0 radical (unpaired) electrons. The summed E-state index contributed by atoms with van der Waals surface area (Å²) in [7, 11) is 0. The maximum Gasteiger partial charge on any atom is 0.0809 e. The zero-order valence-electron chi connectivity index (χ0n) is 17.6. The minimum Gasteiger partial charge on any atom is -0.393 e. The molecule has 7 atom stereocenters. The highest BCUT2D eigenvalue weighted by Gasteiger charge is 2.59. The molecular weight excluding hydrogens is 380 g/mol. The average molecular weight is 413 g/mol. The molecule has 0 bridgehead atoms. The third-order valence-corrected chi connectivity index (χ3v) is 9.42. The second-order valence-electron chi connectivity index (χ2n) is 10.6. The van der Waals surface area contributed by atoms with Gasteiger partial charge in [0.1, 0.15) is 0 Å². The van der Waals surface area contributed by atoms with Gasteiger partial charge in [-0.15, -0.1) is 0 Å². The van der Waals surface area contributed by atoms with E-state index in [9.17, 15) is 10.2 Å². The molecule has 4 aliphatic rings. The minimum absolute atomic E-state index is 0.0185. The summed E-state index contributed by atoms with van der Waals surface area (Å²) in [5, 5.41) is 22.3. The molecule has 3 heteroatoms. The first-order valence-corrected chi connectivity index (χ1v) is 11.7. The van der Waals surface area contributed by atoms with E-state index in [0.717, 1.165) is 49.1 Å². The highest BCUT2D eigenvalue weighted by molar-refractivity contribution is 6.30. The van der Waals surface area contributed by atoms with Crippen molar-refractivity contribution in [3.63, 3.8) is 0 Å². The van der Waals surface area contributed by atoms with Gasteiger partial charge in [-0.2, -0.15) is 0 Å². The van der Waals surface area contributed by atoms with E-state index in [1.54, 1.807) is 0 Å². The Hall–Kier alpha value is -1.09. The standard InChI is InChI=1S/C26H33ClO2/c1-25-11-9-20(28)15-18(25)5-8-21-22(25)10-12-26(2)23(21)14-17(24(26)29)13-16-3-6-19(27)7-4-16/h3-7,13,20-24,28-29H,8-12,14-15H2,1-2H3/b17-13-. The Morgan fingerprint density at radius 1 is 1.00 bits per heavy atom. The van der Waals surface area contributed by atoms with Crippen LogP contribution in [-0.2, 0) is 0 Å².